The van der Waals surface area contributed by atoms with Crippen LogP contribution in [0.15, 0.2) is 53.6 Å². The lowest BCUT2D eigenvalue weighted by atomic mass is 10.2. The lowest BCUT2D eigenvalue weighted by Crippen LogP contribution is -2.39. The van der Waals surface area contributed by atoms with Crippen molar-refractivity contribution in [2.24, 2.45) is 5.10 Å². The second kappa shape index (κ2) is 9.99. The molecule has 10 heteroatoms. The molecule has 0 aliphatic heterocycles. The molecule has 3 aromatic rings. The second-order valence-electron chi connectivity index (χ2n) is 7.69. The van der Waals surface area contributed by atoms with Crippen LogP contribution in [0.2, 0.25) is 10.0 Å². The van der Waals surface area contributed by atoms with E-state index in [1.54, 1.807) is 42.5 Å². The van der Waals surface area contributed by atoms with E-state index >= 15 is 0 Å². The molecule has 0 unspecified atom stereocenters. The highest BCUT2D eigenvalue weighted by molar-refractivity contribution is 7.92. The van der Waals surface area contributed by atoms with Gasteiger partial charge in [0.05, 0.1) is 18.2 Å². The van der Waals surface area contributed by atoms with Crippen molar-refractivity contribution in [3.8, 4) is 5.69 Å². The summed E-state index contributed by atoms with van der Waals surface area (Å²) in [5.41, 5.74) is 7.20. The van der Waals surface area contributed by atoms with E-state index in [0.29, 0.717) is 15.7 Å². The fourth-order valence-corrected chi connectivity index (χ4v) is 4.81. The Morgan fingerprint density at radius 2 is 1.67 bits per heavy atom. The molecule has 0 fully saturated rings. The molecule has 3 rings (SSSR count). The first kappa shape index (κ1) is 24.8. The average Bonchev–Trinajstić information content (AvgIpc) is 2.98. The predicted molar refractivity (Wildman–Crippen MR) is 134 cm³/mol. The molecule has 1 heterocycles. The van der Waals surface area contributed by atoms with Crippen molar-refractivity contribution in [2.45, 2.75) is 20.8 Å². The summed E-state index contributed by atoms with van der Waals surface area (Å²) in [5, 5.41) is 5.07. The van der Waals surface area contributed by atoms with Crippen LogP contribution in [0.3, 0.4) is 0 Å². The highest BCUT2D eigenvalue weighted by Gasteiger charge is 2.20. The molecule has 7 nitrogen and oxygen atoms in total. The third-order valence-electron chi connectivity index (χ3n) is 4.98. The van der Waals surface area contributed by atoms with Crippen molar-refractivity contribution in [2.75, 3.05) is 17.1 Å². The van der Waals surface area contributed by atoms with E-state index in [1.807, 2.05) is 31.4 Å². The van der Waals surface area contributed by atoms with Crippen LogP contribution in [0, 0.1) is 20.8 Å². The summed E-state index contributed by atoms with van der Waals surface area (Å²) >= 11 is 12.3. The van der Waals surface area contributed by atoms with Gasteiger partial charge in [0.25, 0.3) is 5.91 Å². The number of aryl methyl sites for hydroxylation is 2. The number of hydrazone groups is 1. The molecule has 33 heavy (non-hydrogen) atoms. The van der Waals surface area contributed by atoms with Crippen molar-refractivity contribution in [1.82, 2.24) is 9.99 Å². The van der Waals surface area contributed by atoms with E-state index in [2.05, 4.69) is 10.5 Å². The number of aromatic nitrogens is 1. The van der Waals surface area contributed by atoms with Crippen LogP contribution in [-0.2, 0) is 14.8 Å². The summed E-state index contributed by atoms with van der Waals surface area (Å²) in [5.74, 6) is -0.562. The van der Waals surface area contributed by atoms with Gasteiger partial charge in [0, 0.05) is 32.7 Å². The van der Waals surface area contributed by atoms with Crippen LogP contribution in [0.5, 0.6) is 0 Å². The second-order valence-corrected chi connectivity index (χ2v) is 10.5. The maximum absolute atomic E-state index is 12.4. The van der Waals surface area contributed by atoms with Gasteiger partial charge in [-0.15, -0.1) is 0 Å². The molecule has 1 aromatic heterocycles. The lowest BCUT2D eigenvalue weighted by Gasteiger charge is -2.21. The fourth-order valence-electron chi connectivity index (χ4n) is 3.43. The number of carbonyl (C=O) groups excluding carboxylic acids is 1. The van der Waals surface area contributed by atoms with Crippen LogP contribution in [0.4, 0.5) is 5.69 Å². The number of benzene rings is 2. The van der Waals surface area contributed by atoms with Gasteiger partial charge < -0.3 is 4.57 Å². The van der Waals surface area contributed by atoms with E-state index < -0.39 is 15.9 Å². The van der Waals surface area contributed by atoms with Gasteiger partial charge in [0.1, 0.15) is 6.54 Å². The molecular weight excluding hydrogens is 483 g/mol. The SMILES string of the molecule is Cc1ccc(N(CC(=O)N/N=C/c2cc(C)n(-c3cc(Cl)cc(Cl)c3)c2C)S(C)(=O)=O)cc1. The van der Waals surface area contributed by atoms with Crippen molar-refractivity contribution in [3.05, 3.63) is 81.1 Å². The summed E-state index contributed by atoms with van der Waals surface area (Å²) < 4.78 is 27.4. The molecule has 2 aromatic carbocycles. The van der Waals surface area contributed by atoms with Crippen molar-refractivity contribution < 1.29 is 13.2 Å². The van der Waals surface area contributed by atoms with Crippen LogP contribution in [-0.4, -0.2) is 37.9 Å². The number of rotatable bonds is 7. The monoisotopic (exact) mass is 506 g/mol. The van der Waals surface area contributed by atoms with Crippen LogP contribution in [0.1, 0.15) is 22.5 Å². The van der Waals surface area contributed by atoms with E-state index in [9.17, 15) is 13.2 Å². The first-order chi connectivity index (χ1) is 15.5. The summed E-state index contributed by atoms with van der Waals surface area (Å²) in [7, 11) is -3.65. The number of hydrogen-bond donors (Lipinski definition) is 1. The summed E-state index contributed by atoms with van der Waals surface area (Å²) in [6.07, 6.45) is 2.57. The Hall–Kier alpha value is -2.81. The standard InChI is InChI=1S/C23H24Cl2N4O3S/c1-15-5-7-21(8-6-15)28(33(4,31)32)14-23(30)27-26-13-18-9-16(2)29(17(18)3)22-11-19(24)10-20(25)12-22/h5-13H,14H2,1-4H3,(H,27,30)/b26-13+. The summed E-state index contributed by atoms with van der Waals surface area (Å²) in [6, 6.07) is 14.1. The van der Waals surface area contributed by atoms with Gasteiger partial charge in [-0.3, -0.25) is 9.10 Å². The maximum Gasteiger partial charge on any atom is 0.260 e. The Labute approximate surface area is 203 Å². The topological polar surface area (TPSA) is 83.8 Å². The van der Waals surface area contributed by atoms with E-state index in [4.69, 9.17) is 23.2 Å². The zero-order valence-electron chi connectivity index (χ0n) is 18.6. The van der Waals surface area contributed by atoms with Crippen LogP contribution >= 0.6 is 23.2 Å². The van der Waals surface area contributed by atoms with Gasteiger partial charge in [0.2, 0.25) is 10.0 Å². The average molecular weight is 507 g/mol. The molecule has 0 saturated heterocycles. The molecule has 0 radical (unpaired) electrons. The lowest BCUT2D eigenvalue weighted by molar-refractivity contribution is -0.119. The molecule has 0 spiro atoms. The number of anilines is 1. The Bertz CT molecular complexity index is 1300. The Morgan fingerprint density at radius 3 is 2.24 bits per heavy atom. The molecule has 0 saturated carbocycles. The number of hydrogen-bond acceptors (Lipinski definition) is 4. The van der Waals surface area contributed by atoms with E-state index in [0.717, 1.165) is 38.8 Å². The van der Waals surface area contributed by atoms with Gasteiger partial charge in [-0.05, 0) is 57.2 Å². The summed E-state index contributed by atoms with van der Waals surface area (Å²) in [6.45, 7) is 5.35. The molecule has 0 aliphatic carbocycles. The molecule has 1 amide bonds. The van der Waals surface area contributed by atoms with Gasteiger partial charge >= 0.3 is 0 Å². The van der Waals surface area contributed by atoms with Crippen LogP contribution < -0.4 is 9.73 Å². The molecule has 0 aliphatic rings. The summed E-state index contributed by atoms with van der Waals surface area (Å²) in [4.78, 5) is 12.4. The minimum Gasteiger partial charge on any atom is -0.318 e. The Morgan fingerprint density at radius 1 is 1.06 bits per heavy atom. The van der Waals surface area contributed by atoms with Gasteiger partial charge in [-0.1, -0.05) is 40.9 Å². The van der Waals surface area contributed by atoms with Crippen molar-refractivity contribution in [1.29, 1.82) is 0 Å². The zero-order chi connectivity index (χ0) is 24.3. The first-order valence-corrected chi connectivity index (χ1v) is 12.6. The van der Waals surface area contributed by atoms with E-state index in [-0.39, 0.29) is 6.54 Å². The van der Waals surface area contributed by atoms with Crippen LogP contribution in [0.25, 0.3) is 5.69 Å². The molecule has 1 N–H and O–H groups in total. The quantitative estimate of drug-likeness (QED) is 0.374. The molecule has 174 valence electrons. The third kappa shape index (κ3) is 6.16. The minimum atomic E-state index is -3.65. The molecule has 0 atom stereocenters. The van der Waals surface area contributed by atoms with Gasteiger partial charge in [-0.25, -0.2) is 13.8 Å². The smallest absolute Gasteiger partial charge is 0.260 e. The Kier molecular flexibility index (Phi) is 7.51. The number of sulfonamides is 1. The highest BCUT2D eigenvalue weighted by atomic mass is 35.5. The highest BCUT2D eigenvalue weighted by Crippen LogP contribution is 2.26. The largest absolute Gasteiger partial charge is 0.318 e. The Balaban J connectivity index is 1.75. The third-order valence-corrected chi connectivity index (χ3v) is 6.56. The van der Waals surface area contributed by atoms with Gasteiger partial charge in [-0.2, -0.15) is 5.10 Å². The predicted octanol–water partition coefficient (Wildman–Crippen LogP) is 4.63. The molecule has 0 bridgehead atoms. The maximum atomic E-state index is 12.4. The molecular formula is C23H24Cl2N4O3S. The first-order valence-electron chi connectivity index (χ1n) is 9.97. The number of nitrogens with zero attached hydrogens (tertiary/aromatic N) is 3. The number of nitrogens with one attached hydrogen (secondary N) is 1. The zero-order valence-corrected chi connectivity index (χ0v) is 21.0. The number of halogens is 2. The van der Waals surface area contributed by atoms with E-state index in [1.165, 1.54) is 6.21 Å². The number of amides is 1. The van der Waals surface area contributed by atoms with Gasteiger partial charge in [0.15, 0.2) is 0 Å². The normalized spacial score (nSPS) is 11.7. The van der Waals surface area contributed by atoms with Crippen molar-refractivity contribution in [3.63, 3.8) is 0 Å². The number of carbonyl (C=O) groups is 1. The minimum absolute atomic E-state index is 0.390. The van der Waals surface area contributed by atoms with Crippen molar-refractivity contribution >= 4 is 51.0 Å². The fraction of sp³-hybridized carbons (Fsp3) is 0.217.